The predicted molar refractivity (Wildman–Crippen MR) is 101 cm³/mol. The van der Waals surface area contributed by atoms with Gasteiger partial charge in [-0.05, 0) is 42.7 Å². The molecule has 1 aliphatic heterocycles. The van der Waals surface area contributed by atoms with Gasteiger partial charge in [0.15, 0.2) is 0 Å². The second kappa shape index (κ2) is 8.58. The molecule has 0 spiro atoms. The average Bonchev–Trinajstić information content (AvgIpc) is 2.82. The second-order valence-corrected chi connectivity index (χ2v) is 6.57. The van der Waals surface area contributed by atoms with E-state index in [0.29, 0.717) is 0 Å². The molecule has 130 valence electrons. The van der Waals surface area contributed by atoms with Crippen molar-refractivity contribution in [3.05, 3.63) is 72.1 Å². The third-order valence-electron chi connectivity index (χ3n) is 4.58. The summed E-state index contributed by atoms with van der Waals surface area (Å²) in [6, 6.07) is 14.5. The Morgan fingerprint density at radius 3 is 2.68 bits per heavy atom. The molecule has 0 radical (unpaired) electrons. The SMILES string of the molecule is C[C@@H]1CN(Cc2ccccc2)CCCN1C(=O)/C=C/c1ccncc1. The maximum atomic E-state index is 12.6. The Balaban J connectivity index is 1.60. The van der Waals surface area contributed by atoms with E-state index in [1.54, 1.807) is 18.5 Å². The van der Waals surface area contributed by atoms with E-state index in [-0.39, 0.29) is 11.9 Å². The van der Waals surface area contributed by atoms with E-state index in [4.69, 9.17) is 0 Å². The minimum atomic E-state index is 0.0888. The zero-order chi connectivity index (χ0) is 17.5. The molecule has 1 saturated heterocycles. The van der Waals surface area contributed by atoms with Gasteiger partial charge >= 0.3 is 0 Å². The van der Waals surface area contributed by atoms with Crippen molar-refractivity contribution in [2.24, 2.45) is 0 Å². The third-order valence-corrected chi connectivity index (χ3v) is 4.58. The summed E-state index contributed by atoms with van der Waals surface area (Å²) in [5.41, 5.74) is 2.32. The van der Waals surface area contributed by atoms with Gasteiger partial charge in [0.05, 0.1) is 0 Å². The van der Waals surface area contributed by atoms with Crippen LogP contribution >= 0.6 is 0 Å². The molecular formula is C21H25N3O. The number of hydrogen-bond donors (Lipinski definition) is 0. The lowest BCUT2D eigenvalue weighted by Crippen LogP contribution is -2.41. The van der Waals surface area contributed by atoms with Crippen molar-refractivity contribution in [2.45, 2.75) is 25.9 Å². The van der Waals surface area contributed by atoms with E-state index >= 15 is 0 Å². The molecule has 1 aromatic heterocycles. The van der Waals surface area contributed by atoms with Gasteiger partial charge in [-0.2, -0.15) is 0 Å². The Kier molecular flexibility index (Phi) is 5.96. The molecule has 1 aliphatic rings. The highest BCUT2D eigenvalue weighted by Gasteiger charge is 2.24. The normalized spacial score (nSPS) is 19.1. The summed E-state index contributed by atoms with van der Waals surface area (Å²) >= 11 is 0. The number of benzene rings is 1. The number of amides is 1. The molecule has 0 N–H and O–H groups in total. The highest BCUT2D eigenvalue weighted by atomic mass is 16.2. The molecule has 0 aliphatic carbocycles. The second-order valence-electron chi connectivity index (χ2n) is 6.57. The van der Waals surface area contributed by atoms with Crippen molar-refractivity contribution >= 4 is 12.0 Å². The number of pyridine rings is 1. The fourth-order valence-corrected chi connectivity index (χ4v) is 3.30. The van der Waals surface area contributed by atoms with Gasteiger partial charge in [0.1, 0.15) is 0 Å². The maximum absolute atomic E-state index is 12.6. The summed E-state index contributed by atoms with van der Waals surface area (Å²) in [7, 11) is 0. The smallest absolute Gasteiger partial charge is 0.246 e. The van der Waals surface area contributed by atoms with Crippen molar-refractivity contribution < 1.29 is 4.79 Å². The number of aromatic nitrogens is 1. The molecule has 4 heteroatoms. The first-order valence-electron chi connectivity index (χ1n) is 8.87. The highest BCUT2D eigenvalue weighted by molar-refractivity contribution is 5.92. The van der Waals surface area contributed by atoms with Crippen LogP contribution in [0, 0.1) is 0 Å². The molecule has 3 rings (SSSR count). The van der Waals surface area contributed by atoms with Crippen LogP contribution in [0.4, 0.5) is 0 Å². The maximum Gasteiger partial charge on any atom is 0.246 e. The van der Waals surface area contributed by atoms with Gasteiger partial charge in [-0.1, -0.05) is 30.3 Å². The van der Waals surface area contributed by atoms with Crippen molar-refractivity contribution in [3.8, 4) is 0 Å². The number of carbonyl (C=O) groups excluding carboxylic acids is 1. The van der Waals surface area contributed by atoms with Gasteiger partial charge in [0.25, 0.3) is 0 Å². The summed E-state index contributed by atoms with van der Waals surface area (Å²) in [6.07, 6.45) is 8.02. The number of carbonyl (C=O) groups is 1. The predicted octanol–water partition coefficient (Wildman–Crippen LogP) is 3.22. The molecule has 0 saturated carbocycles. The summed E-state index contributed by atoms with van der Waals surface area (Å²) in [4.78, 5) is 21.0. The molecule has 1 aromatic carbocycles. The Bertz CT molecular complexity index is 700. The van der Waals surface area contributed by atoms with Gasteiger partial charge in [-0.3, -0.25) is 14.7 Å². The van der Waals surface area contributed by atoms with Crippen LogP contribution in [0.15, 0.2) is 60.9 Å². The first-order chi connectivity index (χ1) is 12.2. The van der Waals surface area contributed by atoms with Crippen LogP contribution in [0.25, 0.3) is 6.08 Å². The van der Waals surface area contributed by atoms with Crippen LogP contribution in [-0.2, 0) is 11.3 Å². The monoisotopic (exact) mass is 335 g/mol. The summed E-state index contributed by atoms with van der Waals surface area (Å²) in [5, 5.41) is 0. The van der Waals surface area contributed by atoms with Crippen molar-refractivity contribution in [3.63, 3.8) is 0 Å². The van der Waals surface area contributed by atoms with E-state index in [2.05, 4.69) is 41.1 Å². The lowest BCUT2D eigenvalue weighted by Gasteiger charge is -2.28. The first kappa shape index (κ1) is 17.4. The Morgan fingerprint density at radius 2 is 1.92 bits per heavy atom. The van der Waals surface area contributed by atoms with Crippen LogP contribution in [0.5, 0.6) is 0 Å². The Hall–Kier alpha value is -2.46. The fraction of sp³-hybridized carbons (Fsp3) is 0.333. The molecule has 1 atom stereocenters. The fourth-order valence-electron chi connectivity index (χ4n) is 3.30. The lowest BCUT2D eigenvalue weighted by atomic mass is 10.2. The molecular weight excluding hydrogens is 310 g/mol. The molecule has 2 heterocycles. The van der Waals surface area contributed by atoms with E-state index in [9.17, 15) is 4.79 Å². The van der Waals surface area contributed by atoms with Gasteiger partial charge < -0.3 is 4.90 Å². The standard InChI is InChI=1S/C21H25N3O/c1-18-16-23(17-20-6-3-2-4-7-20)14-5-15-24(18)21(25)9-8-19-10-12-22-13-11-19/h2-4,6-13,18H,5,14-17H2,1H3/b9-8+/t18-/m1/s1. The van der Waals surface area contributed by atoms with Gasteiger partial charge in [0, 0.05) is 50.7 Å². The number of hydrogen-bond acceptors (Lipinski definition) is 3. The van der Waals surface area contributed by atoms with Crippen LogP contribution < -0.4 is 0 Å². The summed E-state index contributed by atoms with van der Waals surface area (Å²) in [5.74, 6) is 0.0888. The van der Waals surface area contributed by atoms with Crippen molar-refractivity contribution in [2.75, 3.05) is 19.6 Å². The average molecular weight is 335 g/mol. The van der Waals surface area contributed by atoms with E-state index in [1.807, 2.05) is 29.2 Å². The molecule has 0 unspecified atom stereocenters. The van der Waals surface area contributed by atoms with Crippen LogP contribution in [-0.4, -0.2) is 46.4 Å². The summed E-state index contributed by atoms with van der Waals surface area (Å²) in [6.45, 7) is 5.83. The first-order valence-corrected chi connectivity index (χ1v) is 8.87. The Morgan fingerprint density at radius 1 is 1.16 bits per heavy atom. The van der Waals surface area contributed by atoms with E-state index in [1.165, 1.54) is 5.56 Å². The molecule has 25 heavy (non-hydrogen) atoms. The van der Waals surface area contributed by atoms with Crippen molar-refractivity contribution in [1.82, 2.24) is 14.8 Å². The molecule has 1 amide bonds. The van der Waals surface area contributed by atoms with Crippen LogP contribution in [0.3, 0.4) is 0 Å². The largest absolute Gasteiger partial charge is 0.335 e. The van der Waals surface area contributed by atoms with Crippen LogP contribution in [0.1, 0.15) is 24.5 Å². The Labute approximate surface area is 149 Å². The zero-order valence-corrected chi connectivity index (χ0v) is 14.7. The van der Waals surface area contributed by atoms with E-state index < -0.39 is 0 Å². The third kappa shape index (κ3) is 5.00. The number of nitrogens with zero attached hydrogens (tertiary/aromatic N) is 3. The van der Waals surface area contributed by atoms with E-state index in [0.717, 1.165) is 38.2 Å². The number of rotatable bonds is 4. The lowest BCUT2D eigenvalue weighted by molar-refractivity contribution is -0.127. The minimum Gasteiger partial charge on any atom is -0.335 e. The van der Waals surface area contributed by atoms with Gasteiger partial charge in [-0.25, -0.2) is 0 Å². The molecule has 2 aromatic rings. The molecule has 4 nitrogen and oxygen atoms in total. The molecule has 0 bridgehead atoms. The zero-order valence-electron chi connectivity index (χ0n) is 14.7. The van der Waals surface area contributed by atoms with Gasteiger partial charge in [0.2, 0.25) is 5.91 Å². The minimum absolute atomic E-state index is 0.0888. The van der Waals surface area contributed by atoms with Crippen molar-refractivity contribution in [1.29, 1.82) is 0 Å². The summed E-state index contributed by atoms with van der Waals surface area (Å²) < 4.78 is 0. The van der Waals surface area contributed by atoms with Gasteiger partial charge in [-0.15, -0.1) is 0 Å². The topological polar surface area (TPSA) is 36.4 Å². The highest BCUT2D eigenvalue weighted by Crippen LogP contribution is 2.14. The quantitative estimate of drug-likeness (QED) is 0.805. The van der Waals surface area contributed by atoms with Crippen LogP contribution in [0.2, 0.25) is 0 Å². The molecule has 1 fully saturated rings.